The lowest BCUT2D eigenvalue weighted by Crippen LogP contribution is -2.61. The van der Waals surface area contributed by atoms with Crippen molar-refractivity contribution in [1.29, 1.82) is 0 Å². The Hall–Kier alpha value is -0.650. The Morgan fingerprint density at radius 1 is 1.53 bits per heavy atom. The molecule has 2 atom stereocenters. The lowest BCUT2D eigenvalue weighted by molar-refractivity contribution is -0.158. The van der Waals surface area contributed by atoms with Gasteiger partial charge in [0.25, 0.3) is 5.91 Å². The average Bonchev–Trinajstić information content (AvgIpc) is 2.36. The third kappa shape index (κ3) is 2.97. The predicted octanol–water partition coefficient (Wildman–Crippen LogP) is -0.0972. The van der Waals surface area contributed by atoms with Crippen molar-refractivity contribution in [3.63, 3.8) is 0 Å². The van der Waals surface area contributed by atoms with Crippen LogP contribution in [0.25, 0.3) is 0 Å². The van der Waals surface area contributed by atoms with E-state index in [2.05, 4.69) is 11.9 Å². The highest BCUT2D eigenvalue weighted by molar-refractivity contribution is 5.85. The van der Waals surface area contributed by atoms with E-state index in [0.29, 0.717) is 13.0 Å². The fourth-order valence-electron chi connectivity index (χ4n) is 2.17. The molecule has 1 aliphatic rings. The molecule has 1 fully saturated rings. The second-order valence-electron chi connectivity index (χ2n) is 4.94. The first-order valence-corrected chi connectivity index (χ1v) is 6.23. The lowest BCUT2D eigenvalue weighted by Gasteiger charge is -2.43. The number of rotatable bonds is 4. The summed E-state index contributed by atoms with van der Waals surface area (Å²) in [5, 5.41) is 0. The first kappa shape index (κ1) is 14.4. The molecule has 0 radical (unpaired) electrons. The van der Waals surface area contributed by atoms with Crippen LogP contribution < -0.4 is 5.73 Å². The van der Waals surface area contributed by atoms with Gasteiger partial charge in [-0.1, -0.05) is 6.92 Å². The van der Waals surface area contributed by atoms with Crippen LogP contribution in [0.1, 0.15) is 20.3 Å². The fraction of sp³-hybridized carbons (Fsp3) is 0.917. The minimum atomic E-state index is -0.719. The van der Waals surface area contributed by atoms with Crippen molar-refractivity contribution in [3.8, 4) is 0 Å². The summed E-state index contributed by atoms with van der Waals surface area (Å²) in [6.07, 6.45) is 0.673. The quantitative estimate of drug-likeness (QED) is 0.749. The number of hydrogen-bond acceptors (Lipinski definition) is 4. The number of carbonyl (C=O) groups is 1. The van der Waals surface area contributed by atoms with Gasteiger partial charge in [-0.2, -0.15) is 0 Å². The molecule has 0 aromatic rings. The number of piperazine rings is 1. The number of amides is 1. The monoisotopic (exact) mass is 243 g/mol. The van der Waals surface area contributed by atoms with Gasteiger partial charge in [-0.3, -0.25) is 4.79 Å². The molecular formula is C12H25N3O2. The van der Waals surface area contributed by atoms with E-state index in [9.17, 15) is 4.79 Å². The number of hydrogen-bond donors (Lipinski definition) is 1. The van der Waals surface area contributed by atoms with Gasteiger partial charge < -0.3 is 20.3 Å². The molecule has 0 aliphatic carbocycles. The van der Waals surface area contributed by atoms with Crippen LogP contribution in [0.15, 0.2) is 0 Å². The predicted molar refractivity (Wildman–Crippen MR) is 67.8 cm³/mol. The molecule has 0 spiro atoms. The van der Waals surface area contributed by atoms with E-state index in [1.54, 1.807) is 7.11 Å². The summed E-state index contributed by atoms with van der Waals surface area (Å²) in [6.45, 7) is 6.78. The summed E-state index contributed by atoms with van der Waals surface area (Å²) < 4.78 is 5.38. The smallest absolute Gasteiger partial charge is 0.254 e. The van der Waals surface area contributed by atoms with Crippen molar-refractivity contribution in [3.05, 3.63) is 0 Å². The zero-order valence-corrected chi connectivity index (χ0v) is 11.4. The molecule has 2 N–H and O–H groups in total. The van der Waals surface area contributed by atoms with Gasteiger partial charge in [-0.15, -0.1) is 0 Å². The van der Waals surface area contributed by atoms with Crippen LogP contribution in [-0.4, -0.2) is 67.7 Å². The zero-order chi connectivity index (χ0) is 13.1. The maximum atomic E-state index is 12.5. The van der Waals surface area contributed by atoms with Gasteiger partial charge in [-0.05, 0) is 20.4 Å². The van der Waals surface area contributed by atoms with Crippen molar-refractivity contribution < 1.29 is 9.53 Å². The number of nitrogens with two attached hydrogens (primary N) is 1. The van der Waals surface area contributed by atoms with E-state index < -0.39 is 5.60 Å². The molecule has 17 heavy (non-hydrogen) atoms. The van der Waals surface area contributed by atoms with Crippen LogP contribution >= 0.6 is 0 Å². The second-order valence-corrected chi connectivity index (χ2v) is 4.94. The Labute approximate surface area is 104 Å². The maximum absolute atomic E-state index is 12.5. The van der Waals surface area contributed by atoms with Crippen molar-refractivity contribution >= 4 is 5.91 Å². The Morgan fingerprint density at radius 2 is 2.18 bits per heavy atom. The molecule has 1 saturated heterocycles. The summed E-state index contributed by atoms with van der Waals surface area (Å²) in [4.78, 5) is 16.6. The van der Waals surface area contributed by atoms with E-state index in [-0.39, 0.29) is 11.9 Å². The van der Waals surface area contributed by atoms with Crippen LogP contribution in [0.2, 0.25) is 0 Å². The van der Waals surface area contributed by atoms with Crippen LogP contribution in [0.4, 0.5) is 0 Å². The van der Waals surface area contributed by atoms with E-state index in [1.807, 2.05) is 18.7 Å². The van der Waals surface area contributed by atoms with Crippen molar-refractivity contribution in [1.82, 2.24) is 9.80 Å². The molecule has 100 valence electrons. The summed E-state index contributed by atoms with van der Waals surface area (Å²) >= 11 is 0. The largest absolute Gasteiger partial charge is 0.369 e. The van der Waals surface area contributed by atoms with Crippen molar-refractivity contribution in [2.24, 2.45) is 5.73 Å². The zero-order valence-electron chi connectivity index (χ0n) is 11.4. The fourth-order valence-corrected chi connectivity index (χ4v) is 2.17. The highest BCUT2D eigenvalue weighted by Crippen LogP contribution is 2.20. The number of carbonyl (C=O) groups excluding carboxylic acids is 1. The average molecular weight is 243 g/mol. The number of likely N-dealkylation sites (N-methyl/N-ethyl adjacent to an activating group) is 1. The molecule has 2 unspecified atom stereocenters. The first-order valence-electron chi connectivity index (χ1n) is 6.23. The molecule has 5 nitrogen and oxygen atoms in total. The van der Waals surface area contributed by atoms with Crippen LogP contribution in [-0.2, 0) is 9.53 Å². The lowest BCUT2D eigenvalue weighted by atomic mass is 9.99. The normalized spacial score (nSPS) is 25.7. The van der Waals surface area contributed by atoms with Crippen LogP contribution in [0, 0.1) is 0 Å². The number of methoxy groups -OCH3 is 1. The molecule has 1 aliphatic heterocycles. The summed E-state index contributed by atoms with van der Waals surface area (Å²) in [6, 6.07) is 0.0993. The second kappa shape index (κ2) is 5.80. The van der Waals surface area contributed by atoms with E-state index in [4.69, 9.17) is 10.5 Å². The Balaban J connectivity index is 2.80. The van der Waals surface area contributed by atoms with Gasteiger partial charge in [0, 0.05) is 33.3 Å². The maximum Gasteiger partial charge on any atom is 0.254 e. The topological polar surface area (TPSA) is 58.8 Å². The Kier molecular flexibility index (Phi) is 4.91. The van der Waals surface area contributed by atoms with Gasteiger partial charge in [0.15, 0.2) is 0 Å². The molecule has 0 saturated carbocycles. The molecule has 1 heterocycles. The standard InChI is InChI=1S/C12H25N3O2/c1-5-12(2,17-4)11(16)15-7-6-14(3)9-10(15)8-13/h10H,5-9,13H2,1-4H3. The van der Waals surface area contributed by atoms with Crippen LogP contribution in [0.3, 0.4) is 0 Å². The number of ether oxygens (including phenoxy) is 1. The summed E-state index contributed by atoms with van der Waals surface area (Å²) in [7, 11) is 3.65. The van der Waals surface area contributed by atoms with E-state index >= 15 is 0 Å². The molecule has 5 heteroatoms. The van der Waals surface area contributed by atoms with Crippen LogP contribution in [0.5, 0.6) is 0 Å². The minimum Gasteiger partial charge on any atom is -0.369 e. The Bertz CT molecular complexity index is 266. The molecule has 0 aromatic carbocycles. The van der Waals surface area contributed by atoms with Gasteiger partial charge in [0.1, 0.15) is 5.60 Å². The number of nitrogens with zero attached hydrogens (tertiary/aromatic N) is 2. The van der Waals surface area contributed by atoms with Crippen molar-refractivity contribution in [2.45, 2.75) is 31.9 Å². The minimum absolute atomic E-state index is 0.0612. The van der Waals surface area contributed by atoms with E-state index in [0.717, 1.165) is 19.6 Å². The van der Waals surface area contributed by atoms with Gasteiger partial charge >= 0.3 is 0 Å². The molecule has 1 rings (SSSR count). The van der Waals surface area contributed by atoms with Gasteiger partial charge in [0.2, 0.25) is 0 Å². The van der Waals surface area contributed by atoms with Crippen molar-refractivity contribution in [2.75, 3.05) is 40.3 Å². The highest BCUT2D eigenvalue weighted by atomic mass is 16.5. The molecular weight excluding hydrogens is 218 g/mol. The summed E-state index contributed by atoms with van der Waals surface area (Å²) in [5.74, 6) is 0.0612. The van der Waals surface area contributed by atoms with E-state index in [1.165, 1.54) is 0 Å². The Morgan fingerprint density at radius 3 is 2.65 bits per heavy atom. The third-order valence-corrected chi connectivity index (χ3v) is 3.80. The highest BCUT2D eigenvalue weighted by Gasteiger charge is 2.39. The first-order chi connectivity index (χ1) is 7.98. The summed E-state index contributed by atoms with van der Waals surface area (Å²) in [5.41, 5.74) is 5.04. The van der Waals surface area contributed by atoms with Gasteiger partial charge in [0.05, 0.1) is 6.04 Å². The third-order valence-electron chi connectivity index (χ3n) is 3.80. The van der Waals surface area contributed by atoms with Gasteiger partial charge in [-0.25, -0.2) is 0 Å². The molecule has 0 bridgehead atoms. The SMILES string of the molecule is CCC(C)(OC)C(=O)N1CCN(C)CC1CN. The molecule has 1 amide bonds. The molecule has 0 aromatic heterocycles.